The molecule has 0 aliphatic carbocycles. The number of aromatic nitrogens is 2. The number of ether oxygens (including phenoxy) is 6. The second-order valence-electron chi connectivity index (χ2n) is 16.9. The van der Waals surface area contributed by atoms with E-state index in [-0.39, 0.29) is 65.8 Å². The minimum absolute atomic E-state index is 0.00102. The fourth-order valence-electron chi connectivity index (χ4n) is 8.02. The topological polar surface area (TPSA) is 250 Å². The molecule has 0 spiro atoms. The molecule has 1 atom stereocenters. The highest BCUT2D eigenvalue weighted by atomic mass is 35.5. The number of halogens is 2. The number of amides is 5. The Bertz CT molecular complexity index is 2580. The molecular weight excluding hydrogens is 985 g/mol. The Morgan fingerprint density at radius 2 is 1.53 bits per heavy atom. The van der Waals surface area contributed by atoms with Crippen molar-refractivity contribution in [2.24, 2.45) is 0 Å². The number of aldehydes is 1. The summed E-state index contributed by atoms with van der Waals surface area (Å²) in [4.78, 5) is 86.9. The van der Waals surface area contributed by atoms with E-state index in [0.29, 0.717) is 118 Å². The Balaban J connectivity index is 0.733. The van der Waals surface area contributed by atoms with Gasteiger partial charge >= 0.3 is 0 Å². The van der Waals surface area contributed by atoms with Crippen molar-refractivity contribution in [2.75, 3.05) is 122 Å². The van der Waals surface area contributed by atoms with Crippen molar-refractivity contribution in [3.8, 4) is 5.75 Å². The van der Waals surface area contributed by atoms with Gasteiger partial charge in [-0.25, -0.2) is 14.4 Å². The second kappa shape index (κ2) is 29.9. The number of benzene rings is 3. The summed E-state index contributed by atoms with van der Waals surface area (Å²) in [7, 11) is 2.97. The number of anilines is 4. The number of methoxy groups -OCH3 is 1. The molecule has 6 rings (SSSR count). The number of hydrogen-bond donors (Lipinski definition) is 5. The molecule has 2 aliphatic heterocycles. The van der Waals surface area contributed by atoms with E-state index in [1.165, 1.54) is 50.8 Å². The quantitative estimate of drug-likeness (QED) is 0.0195. The SMILES string of the molecule is CNC(=O)CCC(C=O)N1C(=O)c2cccc(NCCOCCOCCOCCOCCOCCC(=O)NC3CCN(C/C=C/C(=O)Nc4cc5c(Nc6ccc(F)c(Cl)c6)ncnc5cc4OC)CC3)c2C1=O. The van der Waals surface area contributed by atoms with Crippen molar-refractivity contribution >= 4 is 81.2 Å². The molecule has 3 heterocycles. The molecule has 23 heteroatoms. The maximum absolute atomic E-state index is 13.7. The minimum Gasteiger partial charge on any atom is -0.494 e. The van der Waals surface area contributed by atoms with Crippen molar-refractivity contribution in [1.82, 2.24) is 30.4 Å². The average Bonchev–Trinajstić information content (AvgIpc) is 3.66. The molecule has 1 unspecified atom stereocenters. The smallest absolute Gasteiger partial charge is 0.264 e. The fraction of sp³-hybridized carbons (Fsp3) is 0.451. The normalized spacial score (nSPS) is 14.3. The van der Waals surface area contributed by atoms with Crippen LogP contribution in [0.1, 0.15) is 52.8 Å². The van der Waals surface area contributed by atoms with Gasteiger partial charge in [0.25, 0.3) is 11.8 Å². The summed E-state index contributed by atoms with van der Waals surface area (Å²) in [5.41, 5.74) is 2.35. The third kappa shape index (κ3) is 16.9. The van der Waals surface area contributed by atoms with Gasteiger partial charge in [-0.15, -0.1) is 0 Å². The van der Waals surface area contributed by atoms with Gasteiger partial charge in [-0.1, -0.05) is 23.7 Å². The molecule has 3 aromatic carbocycles. The molecule has 5 amide bonds. The first kappa shape index (κ1) is 56.6. The number of carbonyl (C=O) groups excluding carboxylic acids is 6. The van der Waals surface area contributed by atoms with Gasteiger partial charge in [-0.3, -0.25) is 33.8 Å². The van der Waals surface area contributed by atoms with Crippen LogP contribution in [0.4, 0.5) is 27.3 Å². The molecular formula is C51H63ClFN9O12. The number of carbonyl (C=O) groups is 6. The van der Waals surface area contributed by atoms with Crippen LogP contribution >= 0.6 is 11.6 Å². The van der Waals surface area contributed by atoms with E-state index in [2.05, 4.69) is 41.5 Å². The minimum atomic E-state index is -1.05. The van der Waals surface area contributed by atoms with E-state index >= 15 is 0 Å². The standard InChI is InChI=1S/C51H63ClFN9O12/c1-54-45(64)11-9-36(32-63)62-50(67)37-5-3-6-41(48(37)51(62)68)55-15-20-71-22-24-73-26-28-74-27-25-72-23-21-70-19-14-47(66)58-34-12-17-61(18-13-34)16-4-7-46(65)60-43-30-38-42(31-44(43)69-2)56-33-57-49(38)59-35-8-10-40(53)39(52)29-35/h3-8,10,29-34,36,55H,9,11-28H2,1-2H3,(H,54,64)(H,58,66)(H,60,65)(H,56,57,59)/b7-4+. The lowest BCUT2D eigenvalue weighted by Gasteiger charge is -2.31. The van der Waals surface area contributed by atoms with Crippen LogP contribution in [-0.2, 0) is 42.9 Å². The Labute approximate surface area is 433 Å². The number of nitrogens with one attached hydrogen (secondary N) is 5. The summed E-state index contributed by atoms with van der Waals surface area (Å²) in [6, 6.07) is 11.5. The van der Waals surface area contributed by atoms with Crippen LogP contribution in [0.15, 0.2) is 67.0 Å². The lowest BCUT2D eigenvalue weighted by molar-refractivity contribution is -0.123. The van der Waals surface area contributed by atoms with Gasteiger partial charge in [0, 0.05) is 81.0 Å². The van der Waals surface area contributed by atoms with E-state index < -0.39 is 23.7 Å². The van der Waals surface area contributed by atoms with Crippen LogP contribution in [0.5, 0.6) is 5.75 Å². The molecule has 1 saturated heterocycles. The number of imide groups is 1. The predicted molar refractivity (Wildman–Crippen MR) is 273 cm³/mol. The molecule has 74 heavy (non-hydrogen) atoms. The van der Waals surface area contributed by atoms with Gasteiger partial charge in [-0.2, -0.15) is 0 Å². The lowest BCUT2D eigenvalue weighted by atomic mass is 10.0. The Kier molecular flexibility index (Phi) is 22.9. The summed E-state index contributed by atoms with van der Waals surface area (Å²) >= 11 is 5.96. The molecule has 5 N–H and O–H groups in total. The van der Waals surface area contributed by atoms with Gasteiger partial charge in [0.2, 0.25) is 17.7 Å². The molecule has 0 radical (unpaired) electrons. The molecule has 1 aromatic heterocycles. The average molecular weight is 1050 g/mol. The molecule has 398 valence electrons. The fourth-order valence-corrected chi connectivity index (χ4v) is 8.20. The van der Waals surface area contributed by atoms with Crippen LogP contribution in [0.3, 0.4) is 0 Å². The van der Waals surface area contributed by atoms with Crippen LogP contribution in [0, 0.1) is 5.82 Å². The number of nitrogens with zero attached hydrogens (tertiary/aromatic N) is 4. The van der Waals surface area contributed by atoms with E-state index in [1.807, 2.05) is 0 Å². The number of fused-ring (bicyclic) bond motifs is 2. The molecule has 21 nitrogen and oxygen atoms in total. The van der Waals surface area contributed by atoms with Crippen molar-refractivity contribution in [3.63, 3.8) is 0 Å². The van der Waals surface area contributed by atoms with Crippen LogP contribution < -0.4 is 31.3 Å². The van der Waals surface area contributed by atoms with Gasteiger partial charge < -0.3 is 59.8 Å². The molecule has 4 aromatic rings. The van der Waals surface area contributed by atoms with E-state index in [9.17, 15) is 33.2 Å². The van der Waals surface area contributed by atoms with Gasteiger partial charge in [0.05, 0.1) is 107 Å². The summed E-state index contributed by atoms with van der Waals surface area (Å²) in [5.74, 6) is -1.55. The monoisotopic (exact) mass is 1050 g/mol. The largest absolute Gasteiger partial charge is 0.494 e. The maximum Gasteiger partial charge on any atom is 0.264 e. The first-order chi connectivity index (χ1) is 36.0. The Hall–Kier alpha value is -6.66. The van der Waals surface area contributed by atoms with Crippen LogP contribution in [0.2, 0.25) is 5.02 Å². The Morgan fingerprint density at radius 1 is 0.838 bits per heavy atom. The highest BCUT2D eigenvalue weighted by molar-refractivity contribution is 6.31. The lowest BCUT2D eigenvalue weighted by Crippen LogP contribution is -2.44. The van der Waals surface area contributed by atoms with Crippen LogP contribution in [0.25, 0.3) is 10.9 Å². The zero-order valence-corrected chi connectivity index (χ0v) is 42.2. The van der Waals surface area contributed by atoms with Crippen LogP contribution in [-0.4, -0.2) is 174 Å². The van der Waals surface area contributed by atoms with Crippen molar-refractivity contribution in [2.45, 2.75) is 44.2 Å². The first-order valence-corrected chi connectivity index (χ1v) is 24.7. The molecule has 1 fully saturated rings. The van der Waals surface area contributed by atoms with E-state index in [4.69, 9.17) is 40.0 Å². The van der Waals surface area contributed by atoms with Gasteiger partial charge in [0.1, 0.15) is 30.0 Å². The first-order valence-electron chi connectivity index (χ1n) is 24.3. The highest BCUT2D eigenvalue weighted by Gasteiger charge is 2.41. The van der Waals surface area contributed by atoms with Gasteiger partial charge in [-0.05, 0) is 55.7 Å². The van der Waals surface area contributed by atoms with Gasteiger partial charge in [0.15, 0.2) is 0 Å². The summed E-state index contributed by atoms with van der Waals surface area (Å²) in [5, 5.41) is 15.2. The summed E-state index contributed by atoms with van der Waals surface area (Å²) < 4.78 is 47.0. The highest BCUT2D eigenvalue weighted by Crippen LogP contribution is 2.34. The van der Waals surface area contributed by atoms with E-state index in [1.54, 1.807) is 30.3 Å². The molecule has 0 bridgehead atoms. The number of rotatable bonds is 32. The summed E-state index contributed by atoms with van der Waals surface area (Å²) in [6.45, 7) is 5.97. The number of piperidine rings is 1. The number of likely N-dealkylation sites (tertiary alicyclic amines) is 1. The Morgan fingerprint density at radius 3 is 2.19 bits per heavy atom. The van der Waals surface area contributed by atoms with Crippen molar-refractivity contribution in [1.29, 1.82) is 0 Å². The van der Waals surface area contributed by atoms with E-state index in [0.717, 1.165) is 30.8 Å². The third-order valence-electron chi connectivity index (χ3n) is 11.9. The molecule has 2 aliphatic rings. The zero-order valence-electron chi connectivity index (χ0n) is 41.5. The second-order valence-corrected chi connectivity index (χ2v) is 17.3. The predicted octanol–water partition coefficient (Wildman–Crippen LogP) is 4.52. The third-order valence-corrected chi connectivity index (χ3v) is 12.2. The zero-order chi connectivity index (χ0) is 52.7. The molecule has 0 saturated carbocycles. The number of hydrogen-bond acceptors (Lipinski definition) is 17. The maximum atomic E-state index is 13.7. The van der Waals surface area contributed by atoms with Crippen molar-refractivity contribution in [3.05, 3.63) is 89.0 Å². The van der Waals surface area contributed by atoms with Crippen molar-refractivity contribution < 1.29 is 61.6 Å². The summed E-state index contributed by atoms with van der Waals surface area (Å²) in [6.07, 6.45) is 7.01.